The van der Waals surface area contributed by atoms with E-state index in [1.54, 1.807) is 25.3 Å². The SMILES string of the molecule is COc1cccc(C(=O)Nc2ccc(NCc3ccc(C)cc3)cc2)c1. The lowest BCUT2D eigenvalue weighted by molar-refractivity contribution is 0.102. The number of aryl methyl sites for hydroxylation is 1. The minimum Gasteiger partial charge on any atom is -0.497 e. The van der Waals surface area contributed by atoms with Crippen LogP contribution in [0.3, 0.4) is 0 Å². The van der Waals surface area contributed by atoms with E-state index in [4.69, 9.17) is 4.74 Å². The fourth-order valence-corrected chi connectivity index (χ4v) is 2.55. The molecular formula is C22H22N2O2. The number of nitrogens with one attached hydrogen (secondary N) is 2. The fourth-order valence-electron chi connectivity index (χ4n) is 2.55. The molecule has 0 fully saturated rings. The van der Waals surface area contributed by atoms with Crippen LogP contribution >= 0.6 is 0 Å². The van der Waals surface area contributed by atoms with E-state index in [2.05, 4.69) is 41.8 Å². The van der Waals surface area contributed by atoms with Crippen LogP contribution in [0.2, 0.25) is 0 Å². The molecule has 4 nitrogen and oxygen atoms in total. The maximum absolute atomic E-state index is 12.3. The Hall–Kier alpha value is -3.27. The van der Waals surface area contributed by atoms with Crippen LogP contribution in [0, 0.1) is 6.92 Å². The number of benzene rings is 3. The molecule has 0 aliphatic rings. The van der Waals surface area contributed by atoms with Crippen molar-refractivity contribution in [2.75, 3.05) is 17.7 Å². The van der Waals surface area contributed by atoms with Gasteiger partial charge in [-0.05, 0) is 55.0 Å². The number of hydrogen-bond acceptors (Lipinski definition) is 3. The van der Waals surface area contributed by atoms with Crippen LogP contribution in [-0.4, -0.2) is 13.0 Å². The van der Waals surface area contributed by atoms with Gasteiger partial charge in [0.1, 0.15) is 5.75 Å². The molecule has 0 saturated heterocycles. The highest BCUT2D eigenvalue weighted by Gasteiger charge is 2.07. The maximum atomic E-state index is 12.3. The zero-order valence-corrected chi connectivity index (χ0v) is 15.0. The number of anilines is 2. The van der Waals surface area contributed by atoms with Gasteiger partial charge >= 0.3 is 0 Å². The number of carbonyl (C=O) groups excluding carboxylic acids is 1. The van der Waals surface area contributed by atoms with Gasteiger partial charge in [-0.15, -0.1) is 0 Å². The molecule has 26 heavy (non-hydrogen) atoms. The predicted octanol–water partition coefficient (Wildman–Crippen LogP) is 4.87. The van der Waals surface area contributed by atoms with E-state index in [9.17, 15) is 4.79 Å². The third-order valence-corrected chi connectivity index (χ3v) is 4.09. The Morgan fingerprint density at radius 3 is 2.31 bits per heavy atom. The Balaban J connectivity index is 1.58. The highest BCUT2D eigenvalue weighted by atomic mass is 16.5. The quantitative estimate of drug-likeness (QED) is 0.669. The Labute approximate surface area is 153 Å². The number of methoxy groups -OCH3 is 1. The maximum Gasteiger partial charge on any atom is 0.255 e. The summed E-state index contributed by atoms with van der Waals surface area (Å²) in [4.78, 5) is 12.3. The van der Waals surface area contributed by atoms with Crippen LogP contribution in [0.25, 0.3) is 0 Å². The van der Waals surface area contributed by atoms with Crippen molar-refractivity contribution in [1.82, 2.24) is 0 Å². The summed E-state index contributed by atoms with van der Waals surface area (Å²) in [6, 6.07) is 23.2. The summed E-state index contributed by atoms with van der Waals surface area (Å²) in [7, 11) is 1.58. The molecule has 0 radical (unpaired) electrons. The van der Waals surface area contributed by atoms with E-state index >= 15 is 0 Å². The summed E-state index contributed by atoms with van der Waals surface area (Å²) in [5, 5.41) is 6.27. The minimum absolute atomic E-state index is 0.163. The Kier molecular flexibility index (Phi) is 5.54. The zero-order chi connectivity index (χ0) is 18.4. The summed E-state index contributed by atoms with van der Waals surface area (Å²) < 4.78 is 5.15. The Morgan fingerprint density at radius 2 is 1.62 bits per heavy atom. The molecule has 2 N–H and O–H groups in total. The monoisotopic (exact) mass is 346 g/mol. The third kappa shape index (κ3) is 4.63. The first-order valence-electron chi connectivity index (χ1n) is 8.49. The van der Waals surface area contributed by atoms with Crippen molar-refractivity contribution in [2.24, 2.45) is 0 Å². The van der Waals surface area contributed by atoms with Crippen molar-refractivity contribution in [3.63, 3.8) is 0 Å². The summed E-state index contributed by atoms with van der Waals surface area (Å²) >= 11 is 0. The van der Waals surface area contributed by atoms with Crippen molar-refractivity contribution < 1.29 is 9.53 Å². The summed E-state index contributed by atoms with van der Waals surface area (Å²) in [6.45, 7) is 2.84. The molecule has 4 heteroatoms. The molecule has 132 valence electrons. The summed E-state index contributed by atoms with van der Waals surface area (Å²) in [6.07, 6.45) is 0. The third-order valence-electron chi connectivity index (χ3n) is 4.09. The lowest BCUT2D eigenvalue weighted by Crippen LogP contribution is -2.11. The van der Waals surface area contributed by atoms with E-state index in [1.165, 1.54) is 11.1 Å². The lowest BCUT2D eigenvalue weighted by Gasteiger charge is -2.09. The second-order valence-electron chi connectivity index (χ2n) is 6.10. The van der Waals surface area contributed by atoms with Gasteiger partial charge in [-0.3, -0.25) is 4.79 Å². The first-order valence-corrected chi connectivity index (χ1v) is 8.49. The topological polar surface area (TPSA) is 50.4 Å². The number of rotatable bonds is 6. The van der Waals surface area contributed by atoms with Crippen LogP contribution in [0.1, 0.15) is 21.5 Å². The molecule has 0 aliphatic carbocycles. The molecule has 0 aliphatic heterocycles. The van der Waals surface area contributed by atoms with Gasteiger partial charge in [-0.2, -0.15) is 0 Å². The largest absolute Gasteiger partial charge is 0.497 e. The summed E-state index contributed by atoms with van der Waals surface area (Å²) in [5.41, 5.74) is 4.80. The van der Waals surface area contributed by atoms with Gasteiger partial charge in [0.05, 0.1) is 7.11 Å². The molecule has 0 heterocycles. The van der Waals surface area contributed by atoms with E-state index in [0.29, 0.717) is 11.3 Å². The molecule has 0 aromatic heterocycles. The highest BCUT2D eigenvalue weighted by Crippen LogP contribution is 2.17. The number of amides is 1. The molecule has 0 spiro atoms. The summed E-state index contributed by atoms with van der Waals surface area (Å²) in [5.74, 6) is 0.498. The smallest absolute Gasteiger partial charge is 0.255 e. The Bertz CT molecular complexity index is 871. The predicted molar refractivity (Wildman–Crippen MR) is 106 cm³/mol. The van der Waals surface area contributed by atoms with Crippen LogP contribution < -0.4 is 15.4 Å². The minimum atomic E-state index is -0.163. The van der Waals surface area contributed by atoms with Crippen molar-refractivity contribution in [2.45, 2.75) is 13.5 Å². The van der Waals surface area contributed by atoms with E-state index in [-0.39, 0.29) is 5.91 Å². The number of carbonyl (C=O) groups is 1. The molecule has 3 aromatic rings. The van der Waals surface area contributed by atoms with E-state index in [1.807, 2.05) is 30.3 Å². The molecule has 1 amide bonds. The fraction of sp³-hybridized carbons (Fsp3) is 0.136. The van der Waals surface area contributed by atoms with E-state index in [0.717, 1.165) is 17.9 Å². The molecule has 0 saturated carbocycles. The average molecular weight is 346 g/mol. The van der Waals surface area contributed by atoms with Gasteiger partial charge in [-0.25, -0.2) is 0 Å². The molecule has 3 rings (SSSR count). The first kappa shape index (κ1) is 17.5. The van der Waals surface area contributed by atoms with Gasteiger partial charge in [0, 0.05) is 23.5 Å². The van der Waals surface area contributed by atoms with Gasteiger partial charge in [-0.1, -0.05) is 35.9 Å². The number of ether oxygens (including phenoxy) is 1. The van der Waals surface area contributed by atoms with E-state index < -0.39 is 0 Å². The number of hydrogen-bond donors (Lipinski definition) is 2. The standard InChI is InChI=1S/C22H22N2O2/c1-16-6-8-17(9-7-16)15-23-19-10-12-20(13-11-19)24-22(25)18-4-3-5-21(14-18)26-2/h3-14,23H,15H2,1-2H3,(H,24,25). The lowest BCUT2D eigenvalue weighted by atomic mass is 10.1. The second kappa shape index (κ2) is 8.21. The highest BCUT2D eigenvalue weighted by molar-refractivity contribution is 6.04. The average Bonchev–Trinajstić information content (AvgIpc) is 2.68. The van der Waals surface area contributed by atoms with Crippen molar-refractivity contribution in [3.8, 4) is 5.75 Å². The second-order valence-corrected chi connectivity index (χ2v) is 6.10. The van der Waals surface area contributed by atoms with Gasteiger partial charge in [0.25, 0.3) is 5.91 Å². The first-order chi connectivity index (χ1) is 12.6. The Morgan fingerprint density at radius 1 is 0.923 bits per heavy atom. The molecule has 0 atom stereocenters. The van der Waals surface area contributed by atoms with Crippen molar-refractivity contribution >= 4 is 17.3 Å². The molecular weight excluding hydrogens is 324 g/mol. The molecule has 3 aromatic carbocycles. The van der Waals surface area contributed by atoms with Crippen molar-refractivity contribution in [3.05, 3.63) is 89.5 Å². The zero-order valence-electron chi connectivity index (χ0n) is 15.0. The van der Waals surface area contributed by atoms with Gasteiger partial charge in [0.2, 0.25) is 0 Å². The van der Waals surface area contributed by atoms with Crippen LogP contribution in [-0.2, 0) is 6.54 Å². The molecule has 0 bridgehead atoms. The van der Waals surface area contributed by atoms with Gasteiger partial charge < -0.3 is 15.4 Å². The van der Waals surface area contributed by atoms with Crippen molar-refractivity contribution in [1.29, 1.82) is 0 Å². The van der Waals surface area contributed by atoms with Crippen LogP contribution in [0.4, 0.5) is 11.4 Å². The van der Waals surface area contributed by atoms with Crippen LogP contribution in [0.15, 0.2) is 72.8 Å². The van der Waals surface area contributed by atoms with Crippen LogP contribution in [0.5, 0.6) is 5.75 Å². The van der Waals surface area contributed by atoms with Gasteiger partial charge in [0.15, 0.2) is 0 Å². The molecule has 0 unspecified atom stereocenters. The normalized spacial score (nSPS) is 10.2.